The molecule has 0 aliphatic carbocycles. The lowest BCUT2D eigenvalue weighted by atomic mass is 9.95. The number of thiazole rings is 1. The van der Waals surface area contributed by atoms with Gasteiger partial charge in [0.1, 0.15) is 10.8 Å². The van der Waals surface area contributed by atoms with Crippen molar-refractivity contribution in [1.82, 2.24) is 4.98 Å². The fourth-order valence-electron chi connectivity index (χ4n) is 4.71. The molecule has 2 nitrogen and oxygen atoms in total. The van der Waals surface area contributed by atoms with Crippen LogP contribution in [0, 0.1) is 0 Å². The first-order valence-corrected chi connectivity index (χ1v) is 13.9. The second-order valence-electron chi connectivity index (χ2n) is 9.51. The fourth-order valence-corrected chi connectivity index (χ4v) is 5.80. The Morgan fingerprint density at radius 3 is 2.14 bits per heavy atom. The third kappa shape index (κ3) is 5.22. The third-order valence-electron chi connectivity index (χ3n) is 6.79. The van der Waals surface area contributed by atoms with Crippen LogP contribution in [0.2, 0.25) is 0 Å². The molecule has 1 N–H and O–H groups in total. The van der Waals surface area contributed by atoms with E-state index in [0.717, 1.165) is 34.5 Å². The van der Waals surface area contributed by atoms with Crippen LogP contribution in [0.5, 0.6) is 5.75 Å². The van der Waals surface area contributed by atoms with Gasteiger partial charge in [0.05, 0.1) is 15.8 Å². The van der Waals surface area contributed by atoms with Gasteiger partial charge in [0.25, 0.3) is 0 Å². The molecule has 0 radical (unpaired) electrons. The van der Waals surface area contributed by atoms with Crippen LogP contribution in [-0.4, -0.2) is 10.1 Å². The van der Waals surface area contributed by atoms with Crippen molar-refractivity contribution in [2.75, 3.05) is 0 Å². The van der Waals surface area contributed by atoms with Crippen LogP contribution in [0.4, 0.5) is 0 Å². The Balaban J connectivity index is 1.58. The number of rotatable bonds is 9. The van der Waals surface area contributed by atoms with Gasteiger partial charge in [-0.1, -0.05) is 81.3 Å². The Kier molecular flexibility index (Phi) is 7.48. The highest BCUT2D eigenvalue weighted by Crippen LogP contribution is 2.40. The molecule has 0 saturated heterocycles. The van der Waals surface area contributed by atoms with E-state index in [9.17, 15) is 5.11 Å². The summed E-state index contributed by atoms with van der Waals surface area (Å²) in [5, 5.41) is 11.3. The van der Waals surface area contributed by atoms with Crippen LogP contribution in [0.3, 0.4) is 0 Å². The van der Waals surface area contributed by atoms with Crippen LogP contribution >= 0.6 is 11.3 Å². The van der Waals surface area contributed by atoms with Gasteiger partial charge in [0.15, 0.2) is 0 Å². The summed E-state index contributed by atoms with van der Waals surface area (Å²) < 4.78 is 1.17. The average molecular weight is 492 g/mol. The van der Waals surface area contributed by atoms with E-state index < -0.39 is 0 Å². The van der Waals surface area contributed by atoms with Crippen molar-refractivity contribution >= 4 is 21.6 Å². The molecule has 0 fully saturated rings. The SMILES string of the molecule is CCCCc1ccc(-c2cccc(-c3cc(CCCC)cc4sc(-c5ccccc5O)nc34)c2)cc1. The molecule has 0 aliphatic rings. The van der Waals surface area contributed by atoms with Crippen molar-refractivity contribution in [2.24, 2.45) is 0 Å². The van der Waals surface area contributed by atoms with Crippen molar-refractivity contribution in [1.29, 1.82) is 0 Å². The van der Waals surface area contributed by atoms with Gasteiger partial charge in [0.2, 0.25) is 0 Å². The van der Waals surface area contributed by atoms with Gasteiger partial charge >= 0.3 is 0 Å². The smallest absolute Gasteiger partial charge is 0.128 e. The molecule has 1 heterocycles. The summed E-state index contributed by atoms with van der Waals surface area (Å²) in [5.74, 6) is 0.272. The normalized spacial score (nSPS) is 11.3. The predicted octanol–water partition coefficient (Wildman–Crippen LogP) is 9.69. The van der Waals surface area contributed by atoms with Crippen molar-refractivity contribution in [3.8, 4) is 38.6 Å². The number of phenols is 1. The molecule has 1 aromatic heterocycles. The number of aromatic hydroxyl groups is 1. The summed E-state index contributed by atoms with van der Waals surface area (Å²) in [4.78, 5) is 5.04. The number of aryl methyl sites for hydroxylation is 2. The van der Waals surface area contributed by atoms with Crippen LogP contribution in [0.15, 0.2) is 84.9 Å². The summed E-state index contributed by atoms with van der Waals surface area (Å²) in [5.41, 5.74) is 9.35. The zero-order valence-corrected chi connectivity index (χ0v) is 21.9. The van der Waals surface area contributed by atoms with Crippen LogP contribution in [0.25, 0.3) is 43.0 Å². The number of benzene rings is 4. The number of unbranched alkanes of at least 4 members (excludes halogenated alkanes) is 2. The molecule has 0 atom stereocenters. The number of hydrogen-bond acceptors (Lipinski definition) is 3. The van der Waals surface area contributed by atoms with E-state index in [1.807, 2.05) is 18.2 Å². The average Bonchev–Trinajstić information content (AvgIpc) is 3.35. The molecule has 0 saturated carbocycles. The first kappa shape index (κ1) is 24.3. The quantitative estimate of drug-likeness (QED) is 0.223. The number of para-hydroxylation sites is 1. The molecule has 182 valence electrons. The van der Waals surface area contributed by atoms with Crippen molar-refractivity contribution < 1.29 is 5.11 Å². The standard InChI is InChI=1S/C33H33NOS/c1-3-5-10-23-16-18-25(19-17-23)26-12-9-13-27(22-26)29-20-24(11-6-4-2)21-31-32(29)34-33(36-31)28-14-7-8-15-30(28)35/h7-9,12-22,35H,3-6,10-11H2,1-2H3. The molecule has 3 heteroatoms. The fraction of sp³-hybridized carbons (Fsp3) is 0.242. The van der Waals surface area contributed by atoms with Crippen LogP contribution in [0.1, 0.15) is 50.7 Å². The minimum absolute atomic E-state index is 0.272. The Hall–Kier alpha value is -3.43. The largest absolute Gasteiger partial charge is 0.507 e. The van der Waals surface area contributed by atoms with Gasteiger partial charge in [-0.2, -0.15) is 0 Å². The maximum atomic E-state index is 10.4. The molecular weight excluding hydrogens is 458 g/mol. The molecule has 4 aromatic carbocycles. The highest BCUT2D eigenvalue weighted by Gasteiger charge is 2.15. The van der Waals surface area contributed by atoms with Crippen molar-refractivity contribution in [3.63, 3.8) is 0 Å². The maximum absolute atomic E-state index is 10.4. The molecule has 0 bridgehead atoms. The topological polar surface area (TPSA) is 33.1 Å². The molecule has 0 aliphatic heterocycles. The lowest BCUT2D eigenvalue weighted by Crippen LogP contribution is -1.89. The molecule has 0 unspecified atom stereocenters. The number of phenolic OH excluding ortho intramolecular Hbond substituents is 1. The van der Waals surface area contributed by atoms with E-state index in [-0.39, 0.29) is 5.75 Å². The maximum Gasteiger partial charge on any atom is 0.128 e. The van der Waals surface area contributed by atoms with Gasteiger partial charge in [-0.3, -0.25) is 0 Å². The lowest BCUT2D eigenvalue weighted by Gasteiger charge is -2.10. The third-order valence-corrected chi connectivity index (χ3v) is 7.82. The summed E-state index contributed by atoms with van der Waals surface area (Å²) in [6.07, 6.45) is 6.99. The minimum atomic E-state index is 0.272. The number of nitrogens with zero attached hydrogens (tertiary/aromatic N) is 1. The number of aromatic nitrogens is 1. The van der Waals surface area contributed by atoms with E-state index >= 15 is 0 Å². The van der Waals surface area contributed by atoms with E-state index in [2.05, 4.69) is 74.5 Å². The van der Waals surface area contributed by atoms with Gasteiger partial charge in [0, 0.05) is 5.56 Å². The van der Waals surface area contributed by atoms with E-state index in [0.29, 0.717) is 0 Å². The molecule has 5 rings (SSSR count). The monoisotopic (exact) mass is 491 g/mol. The zero-order valence-electron chi connectivity index (χ0n) is 21.1. The summed E-state index contributed by atoms with van der Waals surface area (Å²) in [6.45, 7) is 4.47. The van der Waals surface area contributed by atoms with Gasteiger partial charge < -0.3 is 5.11 Å². The van der Waals surface area contributed by atoms with Crippen molar-refractivity contribution in [3.05, 3.63) is 96.1 Å². The summed E-state index contributed by atoms with van der Waals surface area (Å²) >= 11 is 1.66. The Labute approximate surface area is 218 Å². The van der Waals surface area contributed by atoms with Gasteiger partial charge in [-0.05, 0) is 83.8 Å². The number of fused-ring (bicyclic) bond motifs is 1. The Morgan fingerprint density at radius 2 is 1.39 bits per heavy atom. The number of hydrogen-bond donors (Lipinski definition) is 1. The van der Waals surface area contributed by atoms with E-state index in [1.54, 1.807) is 17.4 Å². The Morgan fingerprint density at radius 1 is 0.667 bits per heavy atom. The highest BCUT2D eigenvalue weighted by atomic mass is 32.1. The molecular formula is C33H33NOS. The second-order valence-corrected chi connectivity index (χ2v) is 10.5. The zero-order chi connectivity index (χ0) is 24.9. The molecule has 36 heavy (non-hydrogen) atoms. The van der Waals surface area contributed by atoms with Crippen LogP contribution < -0.4 is 0 Å². The second kappa shape index (κ2) is 11.1. The summed E-state index contributed by atoms with van der Waals surface area (Å²) in [6, 6.07) is 29.9. The van der Waals surface area contributed by atoms with Gasteiger partial charge in [-0.25, -0.2) is 4.98 Å². The van der Waals surface area contributed by atoms with Crippen molar-refractivity contribution in [2.45, 2.75) is 52.4 Å². The minimum Gasteiger partial charge on any atom is -0.507 e. The van der Waals surface area contributed by atoms with E-state index in [1.165, 1.54) is 58.2 Å². The predicted molar refractivity (Wildman–Crippen MR) is 155 cm³/mol. The molecule has 0 amide bonds. The molecule has 0 spiro atoms. The van der Waals surface area contributed by atoms with Gasteiger partial charge in [-0.15, -0.1) is 11.3 Å². The molecule has 5 aromatic rings. The lowest BCUT2D eigenvalue weighted by molar-refractivity contribution is 0.477. The van der Waals surface area contributed by atoms with E-state index in [4.69, 9.17) is 4.98 Å². The van der Waals surface area contributed by atoms with Crippen LogP contribution in [-0.2, 0) is 12.8 Å². The first-order chi connectivity index (χ1) is 17.7. The summed E-state index contributed by atoms with van der Waals surface area (Å²) in [7, 11) is 0. The Bertz CT molecular complexity index is 1470. The highest BCUT2D eigenvalue weighted by molar-refractivity contribution is 7.21. The first-order valence-electron chi connectivity index (χ1n) is 13.1.